The molecule has 1 fully saturated rings. The van der Waals surface area contributed by atoms with Crippen LogP contribution in [0.2, 0.25) is 0 Å². The number of hydrogen-bond donors (Lipinski definition) is 0. The van der Waals surface area contributed by atoms with Gasteiger partial charge in [0.2, 0.25) is 0 Å². The number of hydrogen-bond acceptors (Lipinski definition) is 5. The number of rotatable bonds is 4. The van der Waals surface area contributed by atoms with Crippen molar-refractivity contribution in [2.45, 2.75) is 37.0 Å². The van der Waals surface area contributed by atoms with Gasteiger partial charge in [-0.25, -0.2) is 0 Å². The molecule has 1 aliphatic heterocycles. The molecule has 2 aliphatic rings. The first-order valence-electron chi connectivity index (χ1n) is 7.94. The summed E-state index contributed by atoms with van der Waals surface area (Å²) < 4.78 is 78.7. The van der Waals surface area contributed by atoms with Crippen LogP contribution in [0.3, 0.4) is 0 Å². The molecule has 0 amide bonds. The van der Waals surface area contributed by atoms with Crippen molar-refractivity contribution in [3.63, 3.8) is 0 Å². The smallest absolute Gasteiger partial charge is 0.375 e. The number of halogens is 5. The molecule has 3 rings (SSSR count). The molecule has 11 heteroatoms. The maximum absolute atomic E-state index is 12.9. The van der Waals surface area contributed by atoms with Crippen molar-refractivity contribution in [3.8, 4) is 5.75 Å². The fraction of sp³-hybridized carbons (Fsp3) is 0.500. The Balaban J connectivity index is 2.15. The first-order chi connectivity index (χ1) is 12.5. The standard InChI is InChI=1S/C16H15Br2F3O5S/c1-9(8-13(17)18)10-2-3-12-11(4-5-15(12)24-6-7-25-15)14(10)26-27(22,23)16(19,20)21/h2-3,8-9H,4-7H2,1H3. The van der Waals surface area contributed by atoms with Gasteiger partial charge in [0.1, 0.15) is 5.75 Å². The first kappa shape index (κ1) is 21.1. The number of fused-ring (bicyclic) bond motifs is 2. The van der Waals surface area contributed by atoms with E-state index in [1.807, 2.05) is 0 Å². The zero-order chi connectivity index (χ0) is 20.0. The van der Waals surface area contributed by atoms with Gasteiger partial charge in [0.05, 0.1) is 16.6 Å². The van der Waals surface area contributed by atoms with Crippen LogP contribution in [0.15, 0.2) is 21.6 Å². The van der Waals surface area contributed by atoms with Gasteiger partial charge < -0.3 is 13.7 Å². The second-order valence-corrected chi connectivity index (χ2v) is 10.5. The van der Waals surface area contributed by atoms with Gasteiger partial charge in [-0.15, -0.1) is 0 Å². The van der Waals surface area contributed by atoms with Gasteiger partial charge in [0.15, 0.2) is 5.79 Å². The quantitative estimate of drug-likeness (QED) is 0.409. The molecule has 27 heavy (non-hydrogen) atoms. The zero-order valence-corrected chi connectivity index (χ0v) is 18.0. The van der Waals surface area contributed by atoms with E-state index in [0.717, 1.165) is 0 Å². The lowest BCUT2D eigenvalue weighted by molar-refractivity contribution is -0.163. The SMILES string of the molecule is CC(C=C(Br)Br)c1ccc2c(c1OS(=O)(=O)C(F)(F)F)CCC21OCCO1. The molecular weight excluding hydrogens is 521 g/mol. The van der Waals surface area contributed by atoms with E-state index in [-0.39, 0.29) is 12.2 Å². The Morgan fingerprint density at radius 1 is 1.30 bits per heavy atom. The highest BCUT2D eigenvalue weighted by Crippen LogP contribution is 2.49. The largest absolute Gasteiger partial charge is 0.534 e. The van der Waals surface area contributed by atoms with Crippen LogP contribution < -0.4 is 4.18 Å². The zero-order valence-electron chi connectivity index (χ0n) is 14.0. The average molecular weight is 536 g/mol. The summed E-state index contributed by atoms with van der Waals surface area (Å²) in [5.74, 6) is -1.79. The minimum absolute atomic E-state index is 0.276. The molecule has 5 nitrogen and oxygen atoms in total. The number of benzene rings is 1. The van der Waals surface area contributed by atoms with E-state index in [0.29, 0.717) is 39.7 Å². The number of ether oxygens (including phenoxy) is 2. The van der Waals surface area contributed by atoms with Crippen LogP contribution in [-0.4, -0.2) is 27.1 Å². The molecule has 1 saturated heterocycles. The Kier molecular flexibility index (Phi) is 5.72. The lowest BCUT2D eigenvalue weighted by atomic mass is 9.95. The monoisotopic (exact) mass is 534 g/mol. The molecule has 1 aliphatic carbocycles. The molecule has 0 saturated carbocycles. The van der Waals surface area contributed by atoms with E-state index in [2.05, 4.69) is 36.0 Å². The summed E-state index contributed by atoms with van der Waals surface area (Å²) in [4.78, 5) is 0. The summed E-state index contributed by atoms with van der Waals surface area (Å²) in [5, 5.41) is 0. The van der Waals surface area contributed by atoms with Gasteiger partial charge in [-0.05, 0) is 38.3 Å². The van der Waals surface area contributed by atoms with Crippen molar-refractivity contribution in [1.82, 2.24) is 0 Å². The molecule has 0 N–H and O–H groups in total. The van der Waals surface area contributed by atoms with Crippen LogP contribution in [-0.2, 0) is 31.8 Å². The molecule has 1 aromatic rings. The molecule has 150 valence electrons. The summed E-state index contributed by atoms with van der Waals surface area (Å²) in [6.07, 6.45) is 2.32. The van der Waals surface area contributed by atoms with Crippen LogP contribution >= 0.6 is 31.9 Å². The molecular formula is C16H15Br2F3O5S. The summed E-state index contributed by atoms with van der Waals surface area (Å²) in [7, 11) is -5.82. The summed E-state index contributed by atoms with van der Waals surface area (Å²) >= 11 is 6.40. The van der Waals surface area contributed by atoms with Gasteiger partial charge in [-0.1, -0.05) is 25.1 Å². The molecule has 1 aromatic carbocycles. The van der Waals surface area contributed by atoms with E-state index in [4.69, 9.17) is 9.47 Å². The first-order valence-corrected chi connectivity index (χ1v) is 10.9. The summed E-state index contributed by atoms with van der Waals surface area (Å²) in [6.45, 7) is 2.42. The Labute approximate surface area is 171 Å². The number of allylic oxidation sites excluding steroid dienone is 1. The van der Waals surface area contributed by atoms with Crippen molar-refractivity contribution in [2.24, 2.45) is 0 Å². The van der Waals surface area contributed by atoms with Gasteiger partial charge in [0.25, 0.3) is 0 Å². The molecule has 1 atom stereocenters. The van der Waals surface area contributed by atoms with Crippen molar-refractivity contribution in [3.05, 3.63) is 38.3 Å². The van der Waals surface area contributed by atoms with E-state index in [9.17, 15) is 21.6 Å². The Hall–Kier alpha value is -0.620. The summed E-state index contributed by atoms with van der Waals surface area (Å²) in [6, 6.07) is 3.24. The maximum atomic E-state index is 12.9. The normalized spacial score (nSPS) is 19.8. The second kappa shape index (κ2) is 7.33. The van der Waals surface area contributed by atoms with Crippen LogP contribution in [0, 0.1) is 0 Å². The van der Waals surface area contributed by atoms with Crippen LogP contribution in [0.25, 0.3) is 0 Å². The van der Waals surface area contributed by atoms with Gasteiger partial charge in [-0.3, -0.25) is 0 Å². The predicted octanol–water partition coefficient (Wildman–Crippen LogP) is 4.80. The molecule has 0 radical (unpaired) electrons. The highest BCUT2D eigenvalue weighted by Gasteiger charge is 2.51. The third kappa shape index (κ3) is 3.93. The minimum Gasteiger partial charge on any atom is -0.375 e. The van der Waals surface area contributed by atoms with Crippen molar-refractivity contribution < 1.29 is 35.2 Å². The summed E-state index contributed by atoms with van der Waals surface area (Å²) in [5.41, 5.74) is -4.36. The van der Waals surface area contributed by atoms with Crippen molar-refractivity contribution >= 4 is 42.0 Å². The fourth-order valence-corrected chi connectivity index (χ4v) is 4.63. The highest BCUT2D eigenvalue weighted by atomic mass is 79.9. The highest BCUT2D eigenvalue weighted by molar-refractivity contribution is 9.28. The van der Waals surface area contributed by atoms with Crippen LogP contribution in [0.1, 0.15) is 36.0 Å². The molecule has 0 bridgehead atoms. The van der Waals surface area contributed by atoms with E-state index >= 15 is 0 Å². The molecule has 1 unspecified atom stereocenters. The van der Waals surface area contributed by atoms with Crippen LogP contribution in [0.4, 0.5) is 13.2 Å². The van der Waals surface area contributed by atoms with E-state index < -0.39 is 27.3 Å². The minimum atomic E-state index is -5.82. The Bertz CT molecular complexity index is 873. The topological polar surface area (TPSA) is 61.8 Å². The third-order valence-electron chi connectivity index (χ3n) is 4.50. The second-order valence-electron chi connectivity index (χ2n) is 6.19. The predicted molar refractivity (Wildman–Crippen MR) is 98.3 cm³/mol. The average Bonchev–Trinajstić information content (AvgIpc) is 3.14. The van der Waals surface area contributed by atoms with E-state index in [1.54, 1.807) is 25.1 Å². The molecule has 0 aromatic heterocycles. The Morgan fingerprint density at radius 2 is 1.93 bits per heavy atom. The fourth-order valence-electron chi connectivity index (χ4n) is 3.32. The van der Waals surface area contributed by atoms with Gasteiger partial charge in [-0.2, -0.15) is 21.6 Å². The Morgan fingerprint density at radius 3 is 2.48 bits per heavy atom. The van der Waals surface area contributed by atoms with Crippen molar-refractivity contribution in [2.75, 3.05) is 13.2 Å². The van der Waals surface area contributed by atoms with Gasteiger partial charge in [0, 0.05) is 29.0 Å². The van der Waals surface area contributed by atoms with Crippen molar-refractivity contribution in [1.29, 1.82) is 0 Å². The molecule has 1 heterocycles. The lowest BCUT2D eigenvalue weighted by Gasteiger charge is -2.24. The van der Waals surface area contributed by atoms with Crippen LogP contribution in [0.5, 0.6) is 5.75 Å². The third-order valence-corrected chi connectivity index (χ3v) is 5.98. The number of alkyl halides is 3. The molecule has 1 spiro atoms. The van der Waals surface area contributed by atoms with Gasteiger partial charge >= 0.3 is 15.6 Å². The maximum Gasteiger partial charge on any atom is 0.534 e. The van der Waals surface area contributed by atoms with E-state index in [1.165, 1.54) is 0 Å². The lowest BCUT2D eigenvalue weighted by Crippen LogP contribution is -2.29.